The highest BCUT2D eigenvalue weighted by atomic mass is 16.5. The minimum Gasteiger partial charge on any atom is -0.497 e. The molecule has 2 atom stereocenters. The number of aliphatic imine (C=N–C) groups is 1. The summed E-state index contributed by atoms with van der Waals surface area (Å²) in [7, 11) is 3.17. The second-order valence-electron chi connectivity index (χ2n) is 7.45. The van der Waals surface area contributed by atoms with Crippen molar-refractivity contribution in [3.8, 4) is 5.75 Å². The Balaban J connectivity index is 1.82. The fourth-order valence-corrected chi connectivity index (χ4v) is 3.75. The molecule has 0 bridgehead atoms. The standard InChI is InChI=1S/C21H30N6O4/c1-5-26(6-2)12-11-22-20-23-18-17(19(29)24-21(30)25(18)3)27(20)13-16(28)14-7-9-15(31-4)10-8-14/h7-10,17-18H,5-6,11-13H2,1-4H3,(H,22,23)(H,24,29,30). The van der Waals surface area contributed by atoms with E-state index < -0.39 is 24.1 Å². The van der Waals surface area contributed by atoms with Crippen LogP contribution >= 0.6 is 0 Å². The van der Waals surface area contributed by atoms with Crippen LogP contribution in [0.4, 0.5) is 4.79 Å². The maximum atomic E-state index is 13.0. The van der Waals surface area contributed by atoms with Crippen molar-refractivity contribution in [2.24, 2.45) is 4.99 Å². The monoisotopic (exact) mass is 430 g/mol. The van der Waals surface area contributed by atoms with Gasteiger partial charge in [0.15, 0.2) is 17.8 Å². The number of urea groups is 1. The summed E-state index contributed by atoms with van der Waals surface area (Å²) in [5, 5.41) is 5.51. The third kappa shape index (κ3) is 4.79. The Labute approximate surface area is 182 Å². The number of ketones is 1. The SMILES string of the molecule is CCN(CC)CCN=C1NC2C(C(=O)NC(=O)N2C)N1CC(=O)c1ccc(OC)cc1. The molecule has 2 aliphatic rings. The number of nitrogens with one attached hydrogen (secondary N) is 2. The van der Waals surface area contributed by atoms with Gasteiger partial charge in [-0.25, -0.2) is 4.79 Å². The Kier molecular flexibility index (Phi) is 7.11. The number of rotatable bonds is 9. The molecule has 0 aliphatic carbocycles. The summed E-state index contributed by atoms with van der Waals surface area (Å²) in [5.74, 6) is 0.497. The van der Waals surface area contributed by atoms with Gasteiger partial charge in [0.2, 0.25) is 0 Å². The molecule has 1 aromatic carbocycles. The second kappa shape index (κ2) is 9.78. The maximum absolute atomic E-state index is 13.0. The van der Waals surface area contributed by atoms with Gasteiger partial charge >= 0.3 is 6.03 Å². The van der Waals surface area contributed by atoms with E-state index >= 15 is 0 Å². The summed E-state index contributed by atoms with van der Waals surface area (Å²) >= 11 is 0. The average Bonchev–Trinajstić information content (AvgIpc) is 3.14. The molecule has 10 heteroatoms. The molecule has 0 spiro atoms. The largest absolute Gasteiger partial charge is 0.497 e. The number of benzene rings is 1. The molecule has 0 saturated carbocycles. The lowest BCUT2D eigenvalue weighted by atomic mass is 10.1. The van der Waals surface area contributed by atoms with Gasteiger partial charge in [-0.3, -0.25) is 19.9 Å². The van der Waals surface area contributed by atoms with E-state index in [2.05, 4.69) is 34.4 Å². The van der Waals surface area contributed by atoms with E-state index in [-0.39, 0.29) is 12.3 Å². The first-order chi connectivity index (χ1) is 14.9. The van der Waals surface area contributed by atoms with Crippen molar-refractivity contribution in [2.45, 2.75) is 26.1 Å². The van der Waals surface area contributed by atoms with Crippen LogP contribution in [0.3, 0.4) is 0 Å². The molecule has 2 N–H and O–H groups in total. The molecule has 2 heterocycles. The quantitative estimate of drug-likeness (QED) is 0.545. The predicted molar refractivity (Wildman–Crippen MR) is 116 cm³/mol. The predicted octanol–water partition coefficient (Wildman–Crippen LogP) is 0.357. The summed E-state index contributed by atoms with van der Waals surface area (Å²) < 4.78 is 5.14. The number of likely N-dealkylation sites (N-methyl/N-ethyl adjacent to an activating group) is 2. The molecule has 2 saturated heterocycles. The van der Waals surface area contributed by atoms with Crippen molar-refractivity contribution in [2.75, 3.05) is 46.9 Å². The molecule has 3 rings (SSSR count). The first-order valence-corrected chi connectivity index (χ1v) is 10.4. The van der Waals surface area contributed by atoms with Crippen molar-refractivity contribution in [1.29, 1.82) is 0 Å². The van der Waals surface area contributed by atoms with Crippen LogP contribution in [-0.4, -0.2) is 97.5 Å². The van der Waals surface area contributed by atoms with Crippen molar-refractivity contribution >= 4 is 23.7 Å². The smallest absolute Gasteiger partial charge is 0.325 e. The lowest BCUT2D eigenvalue weighted by Crippen LogP contribution is -2.65. The summed E-state index contributed by atoms with van der Waals surface area (Å²) in [5.41, 5.74) is 0.507. The highest BCUT2D eigenvalue weighted by Gasteiger charge is 2.50. The van der Waals surface area contributed by atoms with Crippen molar-refractivity contribution < 1.29 is 19.1 Å². The third-order valence-electron chi connectivity index (χ3n) is 5.72. The Morgan fingerprint density at radius 2 is 1.87 bits per heavy atom. The maximum Gasteiger partial charge on any atom is 0.325 e. The number of amides is 3. The Morgan fingerprint density at radius 1 is 1.19 bits per heavy atom. The fraction of sp³-hybridized carbons (Fsp3) is 0.524. The van der Waals surface area contributed by atoms with Gasteiger partial charge in [-0.15, -0.1) is 0 Å². The Hall–Kier alpha value is -3.14. The number of ether oxygens (including phenoxy) is 1. The number of methoxy groups -OCH3 is 1. The van der Waals surface area contributed by atoms with Gasteiger partial charge in [0.1, 0.15) is 11.9 Å². The van der Waals surface area contributed by atoms with Crippen LogP contribution in [-0.2, 0) is 4.79 Å². The second-order valence-corrected chi connectivity index (χ2v) is 7.45. The van der Waals surface area contributed by atoms with Gasteiger partial charge < -0.3 is 24.8 Å². The number of imide groups is 1. The number of nitrogens with zero attached hydrogens (tertiary/aromatic N) is 4. The van der Waals surface area contributed by atoms with Crippen LogP contribution in [0.2, 0.25) is 0 Å². The number of hydrogen-bond acceptors (Lipinski definition) is 6. The Morgan fingerprint density at radius 3 is 2.48 bits per heavy atom. The van der Waals surface area contributed by atoms with Gasteiger partial charge in [-0.1, -0.05) is 13.8 Å². The lowest BCUT2D eigenvalue weighted by Gasteiger charge is -2.35. The summed E-state index contributed by atoms with van der Waals surface area (Å²) in [4.78, 5) is 47.6. The zero-order valence-corrected chi connectivity index (χ0v) is 18.4. The van der Waals surface area contributed by atoms with Crippen molar-refractivity contribution in [1.82, 2.24) is 25.3 Å². The minimum absolute atomic E-state index is 0.0416. The van der Waals surface area contributed by atoms with Crippen LogP contribution in [0.25, 0.3) is 0 Å². The number of hydrogen-bond donors (Lipinski definition) is 2. The minimum atomic E-state index is -0.739. The lowest BCUT2D eigenvalue weighted by molar-refractivity contribution is -0.126. The van der Waals surface area contributed by atoms with Crippen molar-refractivity contribution in [3.63, 3.8) is 0 Å². The fourth-order valence-electron chi connectivity index (χ4n) is 3.75. The zero-order chi connectivity index (χ0) is 22.5. The van der Waals surface area contributed by atoms with Gasteiger partial charge in [-0.2, -0.15) is 0 Å². The van der Waals surface area contributed by atoms with E-state index in [0.29, 0.717) is 23.8 Å². The van der Waals surface area contributed by atoms with Gasteiger partial charge in [-0.05, 0) is 37.4 Å². The van der Waals surface area contributed by atoms with E-state index in [4.69, 9.17) is 4.74 Å². The molecule has 10 nitrogen and oxygen atoms in total. The summed E-state index contributed by atoms with van der Waals surface area (Å²) in [6.07, 6.45) is -0.586. The molecule has 168 valence electrons. The Bertz CT molecular complexity index is 852. The van der Waals surface area contributed by atoms with Crippen LogP contribution in [0.5, 0.6) is 5.75 Å². The van der Waals surface area contributed by atoms with Gasteiger partial charge in [0.05, 0.1) is 20.2 Å². The van der Waals surface area contributed by atoms with E-state index in [9.17, 15) is 14.4 Å². The molecule has 31 heavy (non-hydrogen) atoms. The van der Waals surface area contributed by atoms with Crippen LogP contribution in [0, 0.1) is 0 Å². The number of fused-ring (bicyclic) bond motifs is 1. The molecule has 0 aromatic heterocycles. The molecule has 0 radical (unpaired) electrons. The number of carbonyl (C=O) groups excluding carboxylic acids is 3. The zero-order valence-electron chi connectivity index (χ0n) is 18.4. The number of Topliss-reactive ketones (excluding diaryl/α,β-unsaturated/α-hetero) is 1. The molecular formula is C21H30N6O4. The molecule has 2 fully saturated rings. The highest BCUT2D eigenvalue weighted by Crippen LogP contribution is 2.21. The van der Waals surface area contributed by atoms with E-state index in [1.165, 1.54) is 4.90 Å². The molecular weight excluding hydrogens is 400 g/mol. The van der Waals surface area contributed by atoms with Gasteiger partial charge in [0, 0.05) is 19.2 Å². The molecule has 1 aromatic rings. The van der Waals surface area contributed by atoms with E-state index in [0.717, 1.165) is 19.6 Å². The number of guanidine groups is 1. The summed E-state index contributed by atoms with van der Waals surface area (Å²) in [6, 6.07) is 5.60. The number of carbonyl (C=O) groups is 3. The first kappa shape index (κ1) is 22.5. The van der Waals surface area contributed by atoms with Gasteiger partial charge in [0.25, 0.3) is 5.91 Å². The van der Waals surface area contributed by atoms with E-state index in [1.807, 2.05) is 0 Å². The highest BCUT2D eigenvalue weighted by molar-refractivity contribution is 6.06. The molecule has 2 unspecified atom stereocenters. The van der Waals surface area contributed by atoms with Crippen LogP contribution in [0.15, 0.2) is 29.3 Å². The van der Waals surface area contributed by atoms with Crippen molar-refractivity contribution in [3.05, 3.63) is 29.8 Å². The first-order valence-electron chi connectivity index (χ1n) is 10.4. The topological polar surface area (TPSA) is 107 Å². The average molecular weight is 431 g/mol. The normalized spacial score (nSPS) is 21.9. The van der Waals surface area contributed by atoms with Crippen LogP contribution < -0.4 is 15.4 Å². The molecule has 2 aliphatic heterocycles. The van der Waals surface area contributed by atoms with Crippen LogP contribution in [0.1, 0.15) is 24.2 Å². The van der Waals surface area contributed by atoms with E-state index in [1.54, 1.807) is 43.3 Å². The molecule has 3 amide bonds. The summed E-state index contributed by atoms with van der Waals surface area (Å²) in [6.45, 7) is 7.23. The third-order valence-corrected chi connectivity index (χ3v) is 5.72.